The van der Waals surface area contributed by atoms with Crippen molar-refractivity contribution in [1.82, 2.24) is 15.1 Å². The molecular formula is C22H20N4O3S2. The number of hydrogen-bond donors (Lipinski definition) is 1. The lowest BCUT2D eigenvalue weighted by atomic mass is 9.78. The van der Waals surface area contributed by atoms with Crippen LogP contribution >= 0.6 is 22.7 Å². The molecule has 158 valence electrons. The van der Waals surface area contributed by atoms with Crippen molar-refractivity contribution in [3.8, 4) is 9.88 Å². The number of imide groups is 1. The van der Waals surface area contributed by atoms with Crippen LogP contribution in [0.15, 0.2) is 41.8 Å². The van der Waals surface area contributed by atoms with Crippen LogP contribution in [0.1, 0.15) is 46.4 Å². The van der Waals surface area contributed by atoms with Crippen molar-refractivity contribution in [3.05, 3.63) is 52.9 Å². The molecule has 0 spiro atoms. The van der Waals surface area contributed by atoms with Gasteiger partial charge in [0.05, 0.1) is 16.0 Å². The van der Waals surface area contributed by atoms with Crippen molar-refractivity contribution in [2.75, 3.05) is 11.9 Å². The molecule has 31 heavy (non-hydrogen) atoms. The highest BCUT2D eigenvalue weighted by molar-refractivity contribution is 7.23. The van der Waals surface area contributed by atoms with Crippen LogP contribution in [-0.2, 0) is 4.79 Å². The van der Waals surface area contributed by atoms with Gasteiger partial charge in [0.1, 0.15) is 0 Å². The number of fused-ring (bicyclic) bond motifs is 1. The molecule has 0 radical (unpaired) electrons. The molecule has 5 rings (SSSR count). The Hall–Kier alpha value is -2.91. The van der Waals surface area contributed by atoms with Crippen molar-refractivity contribution in [2.45, 2.75) is 25.7 Å². The zero-order chi connectivity index (χ0) is 21.4. The highest BCUT2D eigenvalue weighted by atomic mass is 32.1. The Bertz CT molecular complexity index is 1110. The van der Waals surface area contributed by atoms with E-state index in [-0.39, 0.29) is 36.1 Å². The van der Waals surface area contributed by atoms with Crippen LogP contribution in [0.3, 0.4) is 0 Å². The van der Waals surface area contributed by atoms with Gasteiger partial charge in [0.25, 0.3) is 11.8 Å². The van der Waals surface area contributed by atoms with E-state index < -0.39 is 0 Å². The summed E-state index contributed by atoms with van der Waals surface area (Å²) < 4.78 is 0. The lowest BCUT2D eigenvalue weighted by molar-refractivity contribution is -0.122. The molecule has 3 aromatic rings. The first kappa shape index (κ1) is 20.0. The summed E-state index contributed by atoms with van der Waals surface area (Å²) in [4.78, 5) is 40.9. The lowest BCUT2D eigenvalue weighted by Crippen LogP contribution is -2.41. The van der Waals surface area contributed by atoms with Crippen LogP contribution in [0, 0.1) is 11.8 Å². The summed E-state index contributed by atoms with van der Waals surface area (Å²) in [6.45, 7) is 0.265. The molecule has 1 aliphatic carbocycles. The summed E-state index contributed by atoms with van der Waals surface area (Å²) in [6, 6.07) is 10.8. The van der Waals surface area contributed by atoms with E-state index in [9.17, 15) is 14.4 Å². The Kier molecular flexibility index (Phi) is 5.37. The molecule has 1 saturated carbocycles. The molecule has 1 aliphatic heterocycles. The Morgan fingerprint density at radius 1 is 1.03 bits per heavy atom. The number of hydrogen-bond acceptors (Lipinski definition) is 7. The van der Waals surface area contributed by atoms with Crippen LogP contribution < -0.4 is 5.32 Å². The normalized spacial score (nSPS) is 20.7. The number of carbonyl (C=O) groups is 3. The first-order valence-corrected chi connectivity index (χ1v) is 11.9. The molecule has 1 N–H and O–H groups in total. The van der Waals surface area contributed by atoms with Crippen LogP contribution in [0.2, 0.25) is 0 Å². The van der Waals surface area contributed by atoms with E-state index in [0.29, 0.717) is 16.3 Å². The largest absolute Gasteiger partial charge is 0.300 e. The molecule has 2 aromatic heterocycles. The zero-order valence-corrected chi connectivity index (χ0v) is 18.2. The Labute approximate surface area is 187 Å². The van der Waals surface area contributed by atoms with E-state index in [1.165, 1.54) is 16.2 Å². The fourth-order valence-corrected chi connectivity index (χ4v) is 5.92. The van der Waals surface area contributed by atoms with Gasteiger partial charge in [-0.05, 0) is 42.3 Å². The van der Waals surface area contributed by atoms with E-state index in [1.54, 1.807) is 35.6 Å². The summed E-state index contributed by atoms with van der Waals surface area (Å²) >= 11 is 2.92. The zero-order valence-electron chi connectivity index (χ0n) is 16.6. The molecule has 9 heteroatoms. The molecule has 0 bridgehead atoms. The van der Waals surface area contributed by atoms with Gasteiger partial charge >= 0.3 is 0 Å². The Morgan fingerprint density at radius 2 is 1.77 bits per heavy atom. The molecule has 3 heterocycles. The van der Waals surface area contributed by atoms with Crippen LogP contribution in [-0.4, -0.2) is 39.4 Å². The fourth-order valence-electron chi connectivity index (χ4n) is 4.38. The number of anilines is 1. The average molecular weight is 453 g/mol. The van der Waals surface area contributed by atoms with Gasteiger partial charge in [0, 0.05) is 12.5 Å². The molecule has 1 aromatic carbocycles. The molecule has 0 saturated heterocycles. The Balaban J connectivity index is 1.29. The predicted molar refractivity (Wildman–Crippen MR) is 119 cm³/mol. The number of rotatable bonds is 5. The van der Waals surface area contributed by atoms with Crippen LogP contribution in [0.25, 0.3) is 9.88 Å². The lowest BCUT2D eigenvalue weighted by Gasteiger charge is -2.32. The molecule has 7 nitrogen and oxygen atoms in total. The van der Waals surface area contributed by atoms with E-state index in [0.717, 1.165) is 35.6 Å². The van der Waals surface area contributed by atoms with E-state index in [2.05, 4.69) is 15.5 Å². The van der Waals surface area contributed by atoms with E-state index in [4.69, 9.17) is 0 Å². The van der Waals surface area contributed by atoms with E-state index >= 15 is 0 Å². The van der Waals surface area contributed by atoms with Crippen LogP contribution in [0.5, 0.6) is 0 Å². The number of amides is 3. The summed E-state index contributed by atoms with van der Waals surface area (Å²) in [5, 5.41) is 14.4. The van der Waals surface area contributed by atoms with Crippen molar-refractivity contribution in [3.63, 3.8) is 0 Å². The number of aromatic nitrogens is 2. The average Bonchev–Trinajstić information content (AvgIpc) is 3.52. The van der Waals surface area contributed by atoms with Crippen molar-refractivity contribution >= 4 is 45.5 Å². The summed E-state index contributed by atoms with van der Waals surface area (Å²) in [5.74, 6) is -0.993. The smallest absolute Gasteiger partial charge is 0.261 e. The molecular weight excluding hydrogens is 432 g/mol. The van der Waals surface area contributed by atoms with Gasteiger partial charge in [-0.2, -0.15) is 0 Å². The number of nitrogens with one attached hydrogen (secondary N) is 1. The van der Waals surface area contributed by atoms with Gasteiger partial charge < -0.3 is 5.32 Å². The maximum atomic E-state index is 13.1. The third kappa shape index (κ3) is 3.79. The van der Waals surface area contributed by atoms with E-state index in [1.807, 2.05) is 17.5 Å². The van der Waals surface area contributed by atoms with Gasteiger partial charge in [-0.15, -0.1) is 21.5 Å². The summed E-state index contributed by atoms with van der Waals surface area (Å²) in [6.07, 6.45) is 3.48. The first-order valence-electron chi connectivity index (χ1n) is 10.3. The van der Waals surface area contributed by atoms with Crippen molar-refractivity contribution < 1.29 is 14.4 Å². The van der Waals surface area contributed by atoms with Crippen molar-refractivity contribution in [2.24, 2.45) is 11.8 Å². The van der Waals surface area contributed by atoms with Gasteiger partial charge in [-0.25, -0.2) is 0 Å². The quantitative estimate of drug-likeness (QED) is 0.583. The maximum absolute atomic E-state index is 13.1. The standard InChI is InChI=1S/C22H20N4O3S2/c27-18(23-22-25-24-19(31-22)17-10-5-11-30-17)14-7-2-1-6-13(14)12-26-20(28)15-8-3-4-9-16(15)21(26)29/h3-5,8-11,13-14H,1-2,6-7,12H2,(H,23,25,27). The molecule has 2 atom stereocenters. The third-order valence-corrected chi connectivity index (χ3v) is 7.81. The minimum atomic E-state index is -0.271. The summed E-state index contributed by atoms with van der Waals surface area (Å²) in [7, 11) is 0. The SMILES string of the molecule is O=C(Nc1nnc(-c2cccs2)s1)C1CCCCC1CN1C(=O)c2ccccc2C1=O. The maximum Gasteiger partial charge on any atom is 0.261 e. The third-order valence-electron chi connectivity index (χ3n) is 5.93. The van der Waals surface area contributed by atoms with Crippen LogP contribution in [0.4, 0.5) is 5.13 Å². The monoisotopic (exact) mass is 452 g/mol. The molecule has 3 amide bonds. The molecule has 2 unspecified atom stereocenters. The minimum Gasteiger partial charge on any atom is -0.300 e. The highest BCUT2D eigenvalue weighted by Gasteiger charge is 2.40. The number of carbonyl (C=O) groups excluding carboxylic acids is 3. The molecule has 2 aliphatic rings. The summed E-state index contributed by atoms with van der Waals surface area (Å²) in [5.41, 5.74) is 0.888. The second-order valence-corrected chi connectivity index (χ2v) is 9.72. The number of thiophene rings is 1. The number of benzene rings is 1. The van der Waals surface area contributed by atoms with Gasteiger partial charge in [-0.3, -0.25) is 19.3 Å². The molecule has 1 fully saturated rings. The van der Waals surface area contributed by atoms with Gasteiger partial charge in [-0.1, -0.05) is 42.4 Å². The minimum absolute atomic E-state index is 0.0688. The Morgan fingerprint density at radius 3 is 2.48 bits per heavy atom. The fraction of sp³-hybridized carbons (Fsp3) is 0.318. The second kappa shape index (κ2) is 8.32. The first-order chi connectivity index (χ1) is 15.1. The van der Waals surface area contributed by atoms with Crippen molar-refractivity contribution in [1.29, 1.82) is 0 Å². The number of nitrogens with zero attached hydrogens (tertiary/aromatic N) is 3. The topological polar surface area (TPSA) is 92.3 Å². The van der Waals surface area contributed by atoms with Gasteiger partial charge in [0.15, 0.2) is 5.01 Å². The highest BCUT2D eigenvalue weighted by Crippen LogP contribution is 2.35. The van der Waals surface area contributed by atoms with Gasteiger partial charge in [0.2, 0.25) is 11.0 Å². The predicted octanol–water partition coefficient (Wildman–Crippen LogP) is 4.31. The second-order valence-electron chi connectivity index (χ2n) is 7.80.